The first-order valence-corrected chi connectivity index (χ1v) is 8.20. The summed E-state index contributed by atoms with van der Waals surface area (Å²) in [5.41, 5.74) is 1.16. The molecule has 0 aliphatic carbocycles. The van der Waals surface area contributed by atoms with Crippen LogP contribution < -0.4 is 4.74 Å². The molecule has 0 spiro atoms. The van der Waals surface area contributed by atoms with E-state index in [0.29, 0.717) is 13.2 Å². The molecule has 0 unspecified atom stereocenters. The highest BCUT2D eigenvalue weighted by atomic mass is 16.6. The molecule has 1 saturated heterocycles. The second-order valence-corrected chi connectivity index (χ2v) is 5.75. The van der Waals surface area contributed by atoms with E-state index in [2.05, 4.69) is 19.1 Å². The van der Waals surface area contributed by atoms with Gasteiger partial charge in [-0.2, -0.15) is 0 Å². The van der Waals surface area contributed by atoms with Crippen LogP contribution in [0.3, 0.4) is 0 Å². The van der Waals surface area contributed by atoms with Crippen LogP contribution in [0.5, 0.6) is 5.75 Å². The first kappa shape index (κ1) is 16.3. The fraction of sp³-hybridized carbons (Fsp3) is 0.667. The minimum atomic E-state index is 0.0623. The van der Waals surface area contributed by atoms with Crippen LogP contribution in [0.15, 0.2) is 24.3 Å². The fourth-order valence-electron chi connectivity index (χ4n) is 2.70. The Morgan fingerprint density at radius 1 is 1.00 bits per heavy atom. The number of benzene rings is 1. The summed E-state index contributed by atoms with van der Waals surface area (Å²) in [7, 11) is 1.68. The Hall–Kier alpha value is -1.06. The Bertz CT molecular complexity index is 380. The molecule has 0 radical (unpaired) electrons. The molecular weight excluding hydrogens is 264 g/mol. The van der Waals surface area contributed by atoms with E-state index in [1.165, 1.54) is 32.1 Å². The Morgan fingerprint density at radius 2 is 1.76 bits per heavy atom. The predicted octanol–water partition coefficient (Wildman–Crippen LogP) is 4.51. The molecule has 1 aliphatic rings. The van der Waals surface area contributed by atoms with Crippen molar-refractivity contribution in [3.8, 4) is 5.75 Å². The van der Waals surface area contributed by atoms with Crippen LogP contribution in [-0.4, -0.2) is 26.4 Å². The maximum absolute atomic E-state index is 5.96. The van der Waals surface area contributed by atoms with Gasteiger partial charge < -0.3 is 14.2 Å². The van der Waals surface area contributed by atoms with E-state index in [9.17, 15) is 0 Å². The standard InChI is InChI=1S/C18H28O3/c1-3-4-5-6-7-8-17-13-21-18(14-20-17)15-9-11-16(19-2)12-10-15/h9-12,17-18H,3-8,13-14H2,1-2H3/t17-,18-/m1/s1. The lowest BCUT2D eigenvalue weighted by molar-refractivity contribution is -0.137. The van der Waals surface area contributed by atoms with Gasteiger partial charge in [-0.1, -0.05) is 51.2 Å². The monoisotopic (exact) mass is 292 g/mol. The average Bonchev–Trinajstić information content (AvgIpc) is 2.55. The molecule has 1 aliphatic heterocycles. The van der Waals surface area contributed by atoms with Crippen LogP contribution in [0.4, 0.5) is 0 Å². The molecule has 1 heterocycles. The van der Waals surface area contributed by atoms with Crippen LogP contribution in [0, 0.1) is 0 Å². The van der Waals surface area contributed by atoms with Crippen molar-refractivity contribution in [3.63, 3.8) is 0 Å². The van der Waals surface area contributed by atoms with Crippen LogP contribution in [0.1, 0.15) is 57.1 Å². The first-order valence-electron chi connectivity index (χ1n) is 8.20. The maximum atomic E-state index is 5.96. The van der Waals surface area contributed by atoms with Crippen LogP contribution in [0.2, 0.25) is 0 Å². The van der Waals surface area contributed by atoms with Crippen LogP contribution in [0.25, 0.3) is 0 Å². The molecule has 0 aromatic heterocycles. The van der Waals surface area contributed by atoms with Gasteiger partial charge in [0, 0.05) is 0 Å². The highest BCUT2D eigenvalue weighted by molar-refractivity contribution is 5.28. The molecule has 0 amide bonds. The summed E-state index contributed by atoms with van der Waals surface area (Å²) in [5.74, 6) is 0.875. The summed E-state index contributed by atoms with van der Waals surface area (Å²) in [6.45, 7) is 3.62. The minimum Gasteiger partial charge on any atom is -0.497 e. The zero-order chi connectivity index (χ0) is 14.9. The van der Waals surface area contributed by atoms with Crippen molar-refractivity contribution in [1.29, 1.82) is 0 Å². The molecule has 3 nitrogen and oxygen atoms in total. The largest absolute Gasteiger partial charge is 0.497 e. The van der Waals surface area contributed by atoms with E-state index >= 15 is 0 Å². The lowest BCUT2D eigenvalue weighted by Crippen LogP contribution is -2.31. The highest BCUT2D eigenvalue weighted by Gasteiger charge is 2.23. The molecule has 21 heavy (non-hydrogen) atoms. The first-order chi connectivity index (χ1) is 10.3. The maximum Gasteiger partial charge on any atom is 0.118 e. The second-order valence-electron chi connectivity index (χ2n) is 5.75. The summed E-state index contributed by atoms with van der Waals surface area (Å²) >= 11 is 0. The van der Waals surface area contributed by atoms with Gasteiger partial charge in [0.1, 0.15) is 11.9 Å². The topological polar surface area (TPSA) is 27.7 Å². The molecule has 1 aromatic rings. The Labute approximate surface area is 128 Å². The van der Waals surface area contributed by atoms with E-state index in [1.807, 2.05) is 12.1 Å². The smallest absolute Gasteiger partial charge is 0.118 e. The number of hydrogen-bond donors (Lipinski definition) is 0. The minimum absolute atomic E-state index is 0.0623. The predicted molar refractivity (Wildman–Crippen MR) is 84.8 cm³/mol. The van der Waals surface area contributed by atoms with Gasteiger partial charge in [-0.15, -0.1) is 0 Å². The van der Waals surface area contributed by atoms with Gasteiger partial charge in [0.15, 0.2) is 0 Å². The van der Waals surface area contributed by atoms with Crippen molar-refractivity contribution >= 4 is 0 Å². The van der Waals surface area contributed by atoms with Crippen molar-refractivity contribution in [1.82, 2.24) is 0 Å². The van der Waals surface area contributed by atoms with Gasteiger partial charge in [0.2, 0.25) is 0 Å². The normalized spacial score (nSPS) is 22.2. The summed E-state index contributed by atoms with van der Waals surface area (Å²) in [4.78, 5) is 0. The van der Waals surface area contributed by atoms with Crippen molar-refractivity contribution in [2.45, 2.75) is 57.7 Å². The summed E-state index contributed by atoms with van der Waals surface area (Å²) < 4.78 is 17.1. The third kappa shape index (κ3) is 5.33. The van der Waals surface area contributed by atoms with Crippen molar-refractivity contribution in [2.75, 3.05) is 20.3 Å². The number of hydrogen-bond acceptors (Lipinski definition) is 3. The van der Waals surface area contributed by atoms with Gasteiger partial charge in [0.05, 0.1) is 26.4 Å². The SMILES string of the molecule is CCCCCCC[C@@H]1CO[C@@H](c2ccc(OC)cc2)CO1. The molecule has 2 rings (SSSR count). The van der Waals surface area contributed by atoms with E-state index in [-0.39, 0.29) is 12.2 Å². The Kier molecular flexibility index (Phi) is 7.04. The van der Waals surface area contributed by atoms with Gasteiger partial charge in [-0.25, -0.2) is 0 Å². The van der Waals surface area contributed by atoms with Crippen LogP contribution >= 0.6 is 0 Å². The summed E-state index contributed by atoms with van der Waals surface area (Å²) in [6.07, 6.45) is 8.02. The number of ether oxygens (including phenoxy) is 3. The lowest BCUT2D eigenvalue weighted by atomic mass is 10.1. The number of methoxy groups -OCH3 is 1. The number of unbranched alkanes of at least 4 members (excludes halogenated alkanes) is 4. The molecule has 1 fully saturated rings. The number of rotatable bonds is 8. The van der Waals surface area contributed by atoms with Crippen LogP contribution in [-0.2, 0) is 9.47 Å². The van der Waals surface area contributed by atoms with Gasteiger partial charge in [0.25, 0.3) is 0 Å². The zero-order valence-corrected chi connectivity index (χ0v) is 13.3. The van der Waals surface area contributed by atoms with E-state index < -0.39 is 0 Å². The second kappa shape index (κ2) is 9.06. The van der Waals surface area contributed by atoms with E-state index in [4.69, 9.17) is 14.2 Å². The van der Waals surface area contributed by atoms with Crippen molar-refractivity contribution in [2.24, 2.45) is 0 Å². The molecule has 1 aromatic carbocycles. The molecule has 0 saturated carbocycles. The Balaban J connectivity index is 1.67. The van der Waals surface area contributed by atoms with Crippen molar-refractivity contribution in [3.05, 3.63) is 29.8 Å². The molecule has 3 heteroatoms. The summed E-state index contributed by atoms with van der Waals surface area (Å²) in [5, 5.41) is 0. The van der Waals surface area contributed by atoms with Gasteiger partial charge in [-0.05, 0) is 24.1 Å². The van der Waals surface area contributed by atoms with Gasteiger partial charge >= 0.3 is 0 Å². The van der Waals surface area contributed by atoms with E-state index in [1.54, 1.807) is 7.11 Å². The summed E-state index contributed by atoms with van der Waals surface area (Å²) in [6, 6.07) is 8.05. The lowest BCUT2D eigenvalue weighted by Gasteiger charge is -2.30. The molecule has 118 valence electrons. The van der Waals surface area contributed by atoms with E-state index in [0.717, 1.165) is 17.7 Å². The third-order valence-electron chi connectivity index (χ3n) is 4.08. The molecule has 0 N–H and O–H groups in total. The molecule has 0 bridgehead atoms. The average molecular weight is 292 g/mol. The van der Waals surface area contributed by atoms with Gasteiger partial charge in [-0.3, -0.25) is 0 Å². The zero-order valence-electron chi connectivity index (χ0n) is 13.3. The Morgan fingerprint density at radius 3 is 2.38 bits per heavy atom. The third-order valence-corrected chi connectivity index (χ3v) is 4.08. The fourth-order valence-corrected chi connectivity index (χ4v) is 2.70. The molecular formula is C18H28O3. The quantitative estimate of drug-likeness (QED) is 0.660. The molecule has 2 atom stereocenters. The highest BCUT2D eigenvalue weighted by Crippen LogP contribution is 2.26. The van der Waals surface area contributed by atoms with Crippen molar-refractivity contribution < 1.29 is 14.2 Å².